The van der Waals surface area contributed by atoms with E-state index in [0.29, 0.717) is 23.9 Å². The maximum atomic E-state index is 12.0. The third kappa shape index (κ3) is 3.01. The summed E-state index contributed by atoms with van der Waals surface area (Å²) in [5.74, 6) is 1.28. The van der Waals surface area contributed by atoms with Crippen molar-refractivity contribution in [2.75, 3.05) is 6.61 Å². The topological polar surface area (TPSA) is 81.4 Å². The molecule has 122 valence electrons. The molecule has 2 atom stereocenters. The Bertz CT molecular complexity index is 813. The van der Waals surface area contributed by atoms with Crippen LogP contribution in [0.25, 0.3) is 0 Å². The zero-order chi connectivity index (χ0) is 17.1. The van der Waals surface area contributed by atoms with E-state index in [9.17, 15) is 4.79 Å². The van der Waals surface area contributed by atoms with E-state index < -0.39 is 6.10 Å². The number of fused-ring (bicyclic) bond motifs is 1. The Morgan fingerprint density at radius 3 is 2.88 bits per heavy atom. The zero-order valence-corrected chi connectivity index (χ0v) is 13.4. The number of pyridine rings is 1. The Morgan fingerprint density at radius 1 is 1.33 bits per heavy atom. The maximum absolute atomic E-state index is 12.0. The van der Waals surface area contributed by atoms with E-state index in [1.54, 1.807) is 31.2 Å². The van der Waals surface area contributed by atoms with Crippen molar-refractivity contribution < 1.29 is 19.0 Å². The molecule has 0 bridgehead atoms. The molecule has 6 heteroatoms. The van der Waals surface area contributed by atoms with E-state index in [4.69, 9.17) is 19.5 Å². The molecule has 0 fully saturated rings. The summed E-state index contributed by atoms with van der Waals surface area (Å²) in [6.07, 6.45) is 0.880. The Labute approximate surface area is 139 Å². The van der Waals surface area contributed by atoms with Gasteiger partial charge in [0.15, 0.2) is 0 Å². The van der Waals surface area contributed by atoms with Gasteiger partial charge in [-0.3, -0.25) is 0 Å². The first kappa shape index (κ1) is 15.8. The van der Waals surface area contributed by atoms with Crippen LogP contribution in [0.4, 0.5) is 0 Å². The van der Waals surface area contributed by atoms with E-state index in [-0.39, 0.29) is 17.6 Å². The van der Waals surface area contributed by atoms with Gasteiger partial charge in [-0.25, -0.2) is 9.78 Å². The van der Waals surface area contributed by atoms with Gasteiger partial charge in [0.1, 0.15) is 29.0 Å². The SMILES string of the molecule is CCOC(=O)C1Oc2ccc(Oc3ccnc(C#N)c3)cc2C1C. The van der Waals surface area contributed by atoms with Crippen molar-refractivity contribution in [2.45, 2.75) is 25.9 Å². The van der Waals surface area contributed by atoms with Crippen LogP contribution in [0.2, 0.25) is 0 Å². The van der Waals surface area contributed by atoms with Crippen LogP contribution < -0.4 is 9.47 Å². The first-order valence-corrected chi connectivity index (χ1v) is 7.63. The van der Waals surface area contributed by atoms with Gasteiger partial charge in [-0.15, -0.1) is 0 Å². The average Bonchev–Trinajstić information content (AvgIpc) is 2.92. The molecule has 0 aliphatic carbocycles. The predicted octanol–water partition coefficient (Wildman–Crippen LogP) is 3.17. The molecule has 3 rings (SSSR count). The second kappa shape index (κ2) is 6.59. The van der Waals surface area contributed by atoms with Gasteiger partial charge in [0.2, 0.25) is 6.10 Å². The smallest absolute Gasteiger partial charge is 0.347 e. The van der Waals surface area contributed by atoms with E-state index >= 15 is 0 Å². The highest BCUT2D eigenvalue weighted by atomic mass is 16.6. The molecule has 2 aromatic rings. The lowest BCUT2D eigenvalue weighted by molar-refractivity contribution is -0.151. The normalized spacial score (nSPS) is 18.2. The van der Waals surface area contributed by atoms with Crippen molar-refractivity contribution >= 4 is 5.97 Å². The highest BCUT2D eigenvalue weighted by molar-refractivity contribution is 5.78. The molecule has 1 aromatic heterocycles. The number of carbonyl (C=O) groups excluding carboxylic acids is 1. The summed E-state index contributed by atoms with van der Waals surface area (Å²) in [7, 11) is 0. The fourth-order valence-corrected chi connectivity index (χ4v) is 2.60. The predicted molar refractivity (Wildman–Crippen MR) is 84.9 cm³/mol. The molecule has 0 radical (unpaired) electrons. The van der Waals surface area contributed by atoms with Crippen molar-refractivity contribution in [1.82, 2.24) is 4.98 Å². The number of nitrogens with zero attached hydrogens (tertiary/aromatic N) is 2. The number of nitriles is 1. The molecule has 2 heterocycles. The highest BCUT2D eigenvalue weighted by Gasteiger charge is 2.37. The number of ether oxygens (including phenoxy) is 3. The number of aromatic nitrogens is 1. The summed E-state index contributed by atoms with van der Waals surface area (Å²) >= 11 is 0. The van der Waals surface area contributed by atoms with Crippen LogP contribution in [0.15, 0.2) is 36.5 Å². The molecule has 1 aromatic carbocycles. The Kier molecular flexibility index (Phi) is 4.34. The number of rotatable bonds is 4. The summed E-state index contributed by atoms with van der Waals surface area (Å²) in [6.45, 7) is 4.00. The molecule has 24 heavy (non-hydrogen) atoms. The first-order valence-electron chi connectivity index (χ1n) is 7.63. The molecule has 0 N–H and O–H groups in total. The van der Waals surface area contributed by atoms with Crippen molar-refractivity contribution in [3.63, 3.8) is 0 Å². The van der Waals surface area contributed by atoms with Crippen molar-refractivity contribution in [2.24, 2.45) is 0 Å². The number of carbonyl (C=O) groups is 1. The van der Waals surface area contributed by atoms with E-state index in [0.717, 1.165) is 5.56 Å². The van der Waals surface area contributed by atoms with Crippen LogP contribution in [0, 0.1) is 11.3 Å². The molecule has 6 nitrogen and oxygen atoms in total. The van der Waals surface area contributed by atoms with Gasteiger partial charge in [-0.2, -0.15) is 5.26 Å². The van der Waals surface area contributed by atoms with Gasteiger partial charge >= 0.3 is 5.97 Å². The van der Waals surface area contributed by atoms with Crippen LogP contribution in [0.1, 0.15) is 31.0 Å². The molecule has 0 spiro atoms. The van der Waals surface area contributed by atoms with Crippen LogP contribution in [-0.2, 0) is 9.53 Å². The molecular weight excluding hydrogens is 308 g/mol. The average molecular weight is 324 g/mol. The molecule has 0 amide bonds. The van der Waals surface area contributed by atoms with Crippen LogP contribution in [0.3, 0.4) is 0 Å². The number of esters is 1. The molecular formula is C18H16N2O4. The van der Waals surface area contributed by atoms with Crippen LogP contribution in [-0.4, -0.2) is 23.7 Å². The highest BCUT2D eigenvalue weighted by Crippen LogP contribution is 2.41. The lowest BCUT2D eigenvalue weighted by Crippen LogP contribution is -2.29. The minimum atomic E-state index is -0.638. The number of hydrogen-bond acceptors (Lipinski definition) is 6. The lowest BCUT2D eigenvalue weighted by Gasteiger charge is -2.13. The largest absolute Gasteiger partial charge is 0.478 e. The molecule has 2 unspecified atom stereocenters. The maximum Gasteiger partial charge on any atom is 0.347 e. The molecule has 1 aliphatic heterocycles. The van der Waals surface area contributed by atoms with Crippen LogP contribution >= 0.6 is 0 Å². The molecule has 0 saturated heterocycles. The fourth-order valence-electron chi connectivity index (χ4n) is 2.60. The zero-order valence-electron chi connectivity index (χ0n) is 13.4. The number of hydrogen-bond donors (Lipinski definition) is 0. The minimum Gasteiger partial charge on any atom is -0.478 e. The fraction of sp³-hybridized carbons (Fsp3) is 0.278. The summed E-state index contributed by atoms with van der Waals surface area (Å²) in [6, 6.07) is 10.6. The van der Waals surface area contributed by atoms with E-state index in [1.165, 1.54) is 6.20 Å². The van der Waals surface area contributed by atoms with Crippen LogP contribution in [0.5, 0.6) is 17.2 Å². The first-order chi connectivity index (χ1) is 11.6. The lowest BCUT2D eigenvalue weighted by atomic mass is 9.97. The standard InChI is InChI=1S/C18H16N2O4/c1-3-22-18(21)17-11(2)15-9-13(4-5-16(15)24-17)23-14-6-7-20-12(8-14)10-19/h4-9,11,17H,3H2,1-2H3. The van der Waals surface area contributed by atoms with Crippen molar-refractivity contribution in [3.05, 3.63) is 47.8 Å². The van der Waals surface area contributed by atoms with Gasteiger partial charge in [-0.1, -0.05) is 6.92 Å². The molecule has 0 saturated carbocycles. The van der Waals surface area contributed by atoms with Crippen molar-refractivity contribution in [3.8, 4) is 23.3 Å². The summed E-state index contributed by atoms with van der Waals surface area (Å²) < 4.78 is 16.5. The third-order valence-corrected chi connectivity index (χ3v) is 3.78. The van der Waals surface area contributed by atoms with Gasteiger partial charge in [0.25, 0.3) is 0 Å². The Hall–Kier alpha value is -3.07. The minimum absolute atomic E-state index is 0.130. The quantitative estimate of drug-likeness (QED) is 0.803. The van der Waals surface area contributed by atoms with Gasteiger partial charge < -0.3 is 14.2 Å². The second-order valence-electron chi connectivity index (χ2n) is 5.37. The van der Waals surface area contributed by atoms with E-state index in [2.05, 4.69) is 4.98 Å². The monoisotopic (exact) mass is 324 g/mol. The summed E-state index contributed by atoms with van der Waals surface area (Å²) in [5.41, 5.74) is 1.17. The van der Waals surface area contributed by atoms with Gasteiger partial charge in [0, 0.05) is 23.7 Å². The third-order valence-electron chi connectivity index (χ3n) is 3.78. The summed E-state index contributed by atoms with van der Waals surface area (Å²) in [5, 5.41) is 8.89. The summed E-state index contributed by atoms with van der Waals surface area (Å²) in [4.78, 5) is 15.9. The van der Waals surface area contributed by atoms with E-state index in [1.807, 2.05) is 19.1 Å². The van der Waals surface area contributed by atoms with Crippen molar-refractivity contribution in [1.29, 1.82) is 5.26 Å². The Balaban J connectivity index is 1.81. The number of benzene rings is 1. The Morgan fingerprint density at radius 2 is 2.12 bits per heavy atom. The van der Waals surface area contributed by atoms with Gasteiger partial charge in [-0.05, 0) is 31.2 Å². The molecule has 1 aliphatic rings. The van der Waals surface area contributed by atoms with Gasteiger partial charge in [0.05, 0.1) is 6.61 Å². The second-order valence-corrected chi connectivity index (χ2v) is 5.37.